The Morgan fingerprint density at radius 1 is 1.19 bits per heavy atom. The van der Waals surface area contributed by atoms with E-state index in [1.165, 1.54) is 0 Å². The predicted octanol–water partition coefficient (Wildman–Crippen LogP) is 1.67. The van der Waals surface area contributed by atoms with Gasteiger partial charge in [-0.25, -0.2) is 9.97 Å². The first-order valence-electron chi connectivity index (χ1n) is 5.66. The van der Waals surface area contributed by atoms with Gasteiger partial charge in [-0.2, -0.15) is 0 Å². The van der Waals surface area contributed by atoms with Crippen molar-refractivity contribution < 1.29 is 4.74 Å². The standard InChI is InChI=1S/C11H20N4O/c1-4-12-10-9(3)11(15-8-14-10)13-6-7-16-5-2/h8H,4-7H2,1-3H3,(H2,12,13,14,15). The Hall–Kier alpha value is -1.36. The maximum Gasteiger partial charge on any atom is 0.134 e. The van der Waals surface area contributed by atoms with Crippen LogP contribution in [0.2, 0.25) is 0 Å². The van der Waals surface area contributed by atoms with Gasteiger partial charge in [0.25, 0.3) is 0 Å². The van der Waals surface area contributed by atoms with Crippen molar-refractivity contribution in [1.82, 2.24) is 9.97 Å². The van der Waals surface area contributed by atoms with Crippen LogP contribution in [0.25, 0.3) is 0 Å². The average molecular weight is 224 g/mol. The topological polar surface area (TPSA) is 59.1 Å². The molecule has 0 spiro atoms. The number of hydrogen-bond acceptors (Lipinski definition) is 5. The molecule has 1 rings (SSSR count). The van der Waals surface area contributed by atoms with Gasteiger partial charge in [0.15, 0.2) is 0 Å². The van der Waals surface area contributed by atoms with Crippen LogP contribution in [-0.2, 0) is 4.74 Å². The number of anilines is 2. The van der Waals surface area contributed by atoms with E-state index in [0.717, 1.165) is 36.9 Å². The zero-order chi connectivity index (χ0) is 11.8. The van der Waals surface area contributed by atoms with Crippen molar-refractivity contribution in [3.05, 3.63) is 11.9 Å². The summed E-state index contributed by atoms with van der Waals surface area (Å²) in [6.07, 6.45) is 1.56. The third kappa shape index (κ3) is 3.66. The summed E-state index contributed by atoms with van der Waals surface area (Å²) in [5.41, 5.74) is 1.04. The molecule has 5 heteroatoms. The molecule has 0 unspecified atom stereocenters. The van der Waals surface area contributed by atoms with Crippen LogP contribution in [-0.4, -0.2) is 36.3 Å². The van der Waals surface area contributed by atoms with Gasteiger partial charge in [-0.3, -0.25) is 0 Å². The number of hydrogen-bond donors (Lipinski definition) is 2. The molecule has 90 valence electrons. The Bertz CT molecular complexity index is 317. The van der Waals surface area contributed by atoms with Crippen molar-refractivity contribution in [3.63, 3.8) is 0 Å². The monoisotopic (exact) mass is 224 g/mol. The van der Waals surface area contributed by atoms with Gasteiger partial charge in [0.2, 0.25) is 0 Å². The van der Waals surface area contributed by atoms with Gasteiger partial charge in [0.1, 0.15) is 18.0 Å². The summed E-state index contributed by atoms with van der Waals surface area (Å²) in [5, 5.41) is 6.43. The summed E-state index contributed by atoms with van der Waals surface area (Å²) in [4.78, 5) is 8.38. The SMILES string of the molecule is CCNc1ncnc(NCCOCC)c1C. The maximum atomic E-state index is 5.25. The van der Waals surface area contributed by atoms with Crippen molar-refractivity contribution >= 4 is 11.6 Å². The second-order valence-electron chi connectivity index (χ2n) is 3.35. The van der Waals surface area contributed by atoms with Gasteiger partial charge < -0.3 is 15.4 Å². The lowest BCUT2D eigenvalue weighted by molar-refractivity contribution is 0.158. The second kappa shape index (κ2) is 7.00. The molecule has 1 aromatic heterocycles. The lowest BCUT2D eigenvalue weighted by atomic mass is 10.3. The Morgan fingerprint density at radius 3 is 2.50 bits per heavy atom. The van der Waals surface area contributed by atoms with Crippen LogP contribution in [0.5, 0.6) is 0 Å². The van der Waals surface area contributed by atoms with Crippen LogP contribution >= 0.6 is 0 Å². The molecule has 1 heterocycles. The van der Waals surface area contributed by atoms with Crippen LogP contribution in [0.3, 0.4) is 0 Å². The molecule has 0 amide bonds. The van der Waals surface area contributed by atoms with E-state index in [2.05, 4.69) is 20.6 Å². The van der Waals surface area contributed by atoms with Gasteiger partial charge in [-0.05, 0) is 20.8 Å². The van der Waals surface area contributed by atoms with Crippen molar-refractivity contribution in [3.8, 4) is 0 Å². The highest BCUT2D eigenvalue weighted by molar-refractivity contribution is 5.56. The average Bonchev–Trinajstić information content (AvgIpc) is 2.29. The van der Waals surface area contributed by atoms with Gasteiger partial charge in [0, 0.05) is 25.3 Å². The fraction of sp³-hybridized carbons (Fsp3) is 0.636. The molecular weight excluding hydrogens is 204 g/mol. The molecule has 0 bridgehead atoms. The maximum absolute atomic E-state index is 5.25. The summed E-state index contributed by atoms with van der Waals surface area (Å²) >= 11 is 0. The normalized spacial score (nSPS) is 10.2. The van der Waals surface area contributed by atoms with Gasteiger partial charge in [-0.15, -0.1) is 0 Å². The van der Waals surface area contributed by atoms with E-state index in [1.807, 2.05) is 20.8 Å². The minimum atomic E-state index is 0.691. The van der Waals surface area contributed by atoms with Crippen LogP contribution in [0.1, 0.15) is 19.4 Å². The highest BCUT2D eigenvalue weighted by Gasteiger charge is 2.04. The molecule has 5 nitrogen and oxygen atoms in total. The van der Waals surface area contributed by atoms with Crippen LogP contribution in [0.15, 0.2) is 6.33 Å². The molecule has 0 aliphatic heterocycles. The largest absolute Gasteiger partial charge is 0.380 e. The van der Waals surface area contributed by atoms with Crippen molar-refractivity contribution in [2.24, 2.45) is 0 Å². The van der Waals surface area contributed by atoms with Gasteiger partial charge in [-0.1, -0.05) is 0 Å². The number of nitrogens with one attached hydrogen (secondary N) is 2. The third-order valence-electron chi connectivity index (χ3n) is 2.17. The van der Waals surface area contributed by atoms with E-state index < -0.39 is 0 Å². The Morgan fingerprint density at radius 2 is 1.88 bits per heavy atom. The molecule has 0 saturated carbocycles. The van der Waals surface area contributed by atoms with Crippen molar-refractivity contribution in [2.45, 2.75) is 20.8 Å². The number of rotatable bonds is 7. The molecule has 0 aliphatic carbocycles. The van der Waals surface area contributed by atoms with E-state index in [9.17, 15) is 0 Å². The van der Waals surface area contributed by atoms with Gasteiger partial charge >= 0.3 is 0 Å². The first kappa shape index (κ1) is 12.7. The number of aromatic nitrogens is 2. The fourth-order valence-corrected chi connectivity index (χ4v) is 1.36. The smallest absolute Gasteiger partial charge is 0.134 e. The van der Waals surface area contributed by atoms with Crippen LogP contribution in [0, 0.1) is 6.92 Å². The zero-order valence-electron chi connectivity index (χ0n) is 10.2. The Kier molecular flexibility index (Phi) is 5.56. The summed E-state index contributed by atoms with van der Waals surface area (Å²) in [6, 6.07) is 0. The Balaban J connectivity index is 2.55. The number of nitrogens with zero attached hydrogens (tertiary/aromatic N) is 2. The lowest BCUT2D eigenvalue weighted by Gasteiger charge is -2.11. The van der Waals surface area contributed by atoms with Gasteiger partial charge in [0.05, 0.1) is 6.61 Å². The molecule has 2 N–H and O–H groups in total. The quantitative estimate of drug-likeness (QED) is 0.690. The minimum absolute atomic E-state index is 0.691. The first-order valence-corrected chi connectivity index (χ1v) is 5.66. The minimum Gasteiger partial charge on any atom is -0.380 e. The zero-order valence-corrected chi connectivity index (χ0v) is 10.2. The molecule has 0 saturated heterocycles. The highest BCUT2D eigenvalue weighted by Crippen LogP contribution is 2.17. The highest BCUT2D eigenvalue weighted by atomic mass is 16.5. The molecule has 16 heavy (non-hydrogen) atoms. The molecule has 0 aliphatic rings. The first-order chi connectivity index (χ1) is 7.79. The van der Waals surface area contributed by atoms with Crippen molar-refractivity contribution in [1.29, 1.82) is 0 Å². The van der Waals surface area contributed by atoms with Crippen molar-refractivity contribution in [2.75, 3.05) is 36.9 Å². The summed E-state index contributed by atoms with van der Waals surface area (Å²) in [5.74, 6) is 1.75. The molecule has 0 atom stereocenters. The number of ether oxygens (including phenoxy) is 1. The second-order valence-corrected chi connectivity index (χ2v) is 3.35. The van der Waals surface area contributed by atoms with Crippen LogP contribution in [0.4, 0.5) is 11.6 Å². The summed E-state index contributed by atoms with van der Waals surface area (Å²) in [6.45, 7) is 9.08. The lowest BCUT2D eigenvalue weighted by Crippen LogP contribution is -2.12. The van der Waals surface area contributed by atoms with Crippen LogP contribution < -0.4 is 10.6 Å². The summed E-state index contributed by atoms with van der Waals surface area (Å²) in [7, 11) is 0. The van der Waals surface area contributed by atoms with E-state index in [-0.39, 0.29) is 0 Å². The molecule has 1 aromatic rings. The fourth-order valence-electron chi connectivity index (χ4n) is 1.36. The molecule has 0 fully saturated rings. The molecular formula is C11H20N4O. The van der Waals surface area contributed by atoms with E-state index in [0.29, 0.717) is 6.61 Å². The van der Waals surface area contributed by atoms with E-state index >= 15 is 0 Å². The Labute approximate surface area is 96.6 Å². The predicted molar refractivity (Wildman–Crippen MR) is 65.9 cm³/mol. The van der Waals surface area contributed by atoms with E-state index in [4.69, 9.17) is 4.74 Å². The van der Waals surface area contributed by atoms with E-state index in [1.54, 1.807) is 6.33 Å². The third-order valence-corrected chi connectivity index (χ3v) is 2.17. The summed E-state index contributed by atoms with van der Waals surface area (Å²) < 4.78 is 5.25. The molecule has 0 radical (unpaired) electrons. The molecule has 0 aromatic carbocycles.